The molecule has 0 saturated carbocycles. The van der Waals surface area contributed by atoms with Gasteiger partial charge in [0.25, 0.3) is 10.0 Å². The Morgan fingerprint density at radius 1 is 1.10 bits per heavy atom. The summed E-state index contributed by atoms with van der Waals surface area (Å²) in [6.45, 7) is 3.45. The van der Waals surface area contributed by atoms with E-state index in [-0.39, 0.29) is 10.7 Å². The van der Waals surface area contributed by atoms with E-state index in [4.69, 9.17) is 5.73 Å². The Kier molecular flexibility index (Phi) is 5.39. The molecule has 0 aliphatic carbocycles. The number of nitrogens with zero attached hydrogens (tertiary/aromatic N) is 2. The molecular formula is C23H25N3O2S. The molecule has 1 fully saturated rings. The summed E-state index contributed by atoms with van der Waals surface area (Å²) in [6, 6.07) is 22.2. The van der Waals surface area contributed by atoms with Gasteiger partial charge >= 0.3 is 0 Å². The van der Waals surface area contributed by atoms with Crippen molar-refractivity contribution in [1.29, 1.82) is 0 Å². The lowest BCUT2D eigenvalue weighted by Gasteiger charge is -2.26. The van der Waals surface area contributed by atoms with Gasteiger partial charge in [0.2, 0.25) is 0 Å². The van der Waals surface area contributed by atoms with Crippen LogP contribution in [0, 0.1) is 0 Å². The van der Waals surface area contributed by atoms with Crippen molar-refractivity contribution in [3.8, 4) is 0 Å². The lowest BCUT2D eigenvalue weighted by atomic mass is 9.97. The Morgan fingerprint density at radius 3 is 2.66 bits per heavy atom. The number of likely N-dealkylation sites (tertiary alicyclic amines) is 1. The van der Waals surface area contributed by atoms with Crippen LogP contribution >= 0.6 is 0 Å². The van der Waals surface area contributed by atoms with Crippen molar-refractivity contribution in [3.05, 3.63) is 77.9 Å². The first-order valence-corrected chi connectivity index (χ1v) is 11.3. The minimum absolute atomic E-state index is 0.0290. The third-order valence-corrected chi connectivity index (χ3v) is 6.78. The highest BCUT2D eigenvalue weighted by atomic mass is 32.2. The number of nitrogens with two attached hydrogens (primary N) is 1. The minimum Gasteiger partial charge on any atom is -0.387 e. The maximum absolute atomic E-state index is 12.4. The molecule has 2 N–H and O–H groups in total. The van der Waals surface area contributed by atoms with Crippen molar-refractivity contribution < 1.29 is 8.42 Å². The second-order valence-corrected chi connectivity index (χ2v) is 9.16. The number of hydrogen-bond acceptors (Lipinski definition) is 3. The van der Waals surface area contributed by atoms with Crippen LogP contribution in [0.2, 0.25) is 0 Å². The quantitative estimate of drug-likeness (QED) is 0.507. The van der Waals surface area contributed by atoms with Gasteiger partial charge in [-0.05, 0) is 60.3 Å². The van der Waals surface area contributed by atoms with E-state index in [1.165, 1.54) is 18.1 Å². The van der Waals surface area contributed by atoms with Crippen molar-refractivity contribution in [2.24, 2.45) is 10.1 Å². The fourth-order valence-electron chi connectivity index (χ4n) is 4.17. The molecule has 0 amide bonds. The number of rotatable bonds is 5. The van der Waals surface area contributed by atoms with E-state index in [2.05, 4.69) is 39.6 Å². The van der Waals surface area contributed by atoms with E-state index in [0.717, 1.165) is 36.7 Å². The second-order valence-electron chi connectivity index (χ2n) is 7.55. The summed E-state index contributed by atoms with van der Waals surface area (Å²) in [7, 11) is -3.78. The second kappa shape index (κ2) is 7.97. The summed E-state index contributed by atoms with van der Waals surface area (Å²) in [5, 5.41) is 1.99. The van der Waals surface area contributed by atoms with Crippen molar-refractivity contribution >= 4 is 26.6 Å². The topological polar surface area (TPSA) is 75.8 Å². The molecule has 0 bridgehead atoms. The normalized spacial score (nSPS) is 18.4. The fraction of sp³-hybridized carbons (Fsp3) is 0.261. The summed E-state index contributed by atoms with van der Waals surface area (Å²) in [5.41, 5.74) is 8.04. The summed E-state index contributed by atoms with van der Waals surface area (Å²) in [5.74, 6) is 0.0290. The molecule has 3 aromatic carbocycles. The third-order valence-electron chi connectivity index (χ3n) is 5.40. The van der Waals surface area contributed by atoms with Crippen LogP contribution in [-0.2, 0) is 16.6 Å². The first-order chi connectivity index (χ1) is 13.9. The van der Waals surface area contributed by atoms with Crippen LogP contribution in [0.3, 0.4) is 0 Å². The number of amidine groups is 1. The van der Waals surface area contributed by atoms with Crippen molar-refractivity contribution in [3.63, 3.8) is 0 Å². The Bertz CT molecular complexity index is 1150. The van der Waals surface area contributed by atoms with Crippen molar-refractivity contribution in [2.45, 2.75) is 37.2 Å². The summed E-state index contributed by atoms with van der Waals surface area (Å²) in [6.07, 6.45) is 2.26. The van der Waals surface area contributed by atoms with Gasteiger partial charge in [0, 0.05) is 12.6 Å². The molecule has 1 atom stereocenters. The summed E-state index contributed by atoms with van der Waals surface area (Å²) in [4.78, 5) is 2.68. The van der Waals surface area contributed by atoms with Gasteiger partial charge in [-0.2, -0.15) is 8.42 Å². The van der Waals surface area contributed by atoms with Gasteiger partial charge in [0.15, 0.2) is 0 Å². The molecule has 4 rings (SSSR count). The van der Waals surface area contributed by atoms with Crippen LogP contribution in [-0.4, -0.2) is 25.7 Å². The zero-order valence-corrected chi connectivity index (χ0v) is 17.3. The molecule has 0 radical (unpaired) electrons. The van der Waals surface area contributed by atoms with E-state index < -0.39 is 10.0 Å². The van der Waals surface area contributed by atoms with Crippen LogP contribution in [0.15, 0.2) is 76.0 Å². The molecule has 0 spiro atoms. The van der Waals surface area contributed by atoms with E-state index in [1.54, 1.807) is 12.1 Å². The fourth-order valence-corrected chi connectivity index (χ4v) is 5.17. The molecule has 5 nitrogen and oxygen atoms in total. The van der Waals surface area contributed by atoms with Crippen molar-refractivity contribution in [2.75, 3.05) is 6.54 Å². The van der Waals surface area contributed by atoms with Gasteiger partial charge in [-0.3, -0.25) is 4.90 Å². The predicted octanol–water partition coefficient (Wildman–Crippen LogP) is 4.24. The largest absolute Gasteiger partial charge is 0.387 e. The van der Waals surface area contributed by atoms with Crippen LogP contribution < -0.4 is 5.73 Å². The highest BCUT2D eigenvalue weighted by Crippen LogP contribution is 2.37. The molecule has 6 heteroatoms. The molecule has 1 heterocycles. The summed E-state index contributed by atoms with van der Waals surface area (Å²) >= 11 is 0. The van der Waals surface area contributed by atoms with Crippen molar-refractivity contribution in [1.82, 2.24) is 4.90 Å². The third kappa shape index (κ3) is 4.18. The van der Waals surface area contributed by atoms with Gasteiger partial charge < -0.3 is 5.73 Å². The Labute approximate surface area is 171 Å². The molecule has 1 unspecified atom stereocenters. The SMILES string of the molecule is C/C(N)=N/S(=O)(=O)c1ccc2c(C3CCCN3Cc3ccccc3)cccc2c1. The molecular weight excluding hydrogens is 382 g/mol. The van der Waals surface area contributed by atoms with E-state index in [9.17, 15) is 8.42 Å². The zero-order chi connectivity index (χ0) is 20.4. The number of fused-ring (bicyclic) bond motifs is 1. The van der Waals surface area contributed by atoms with Crippen LogP contribution in [0.1, 0.15) is 36.9 Å². The zero-order valence-electron chi connectivity index (χ0n) is 16.5. The van der Waals surface area contributed by atoms with Crippen LogP contribution in [0.25, 0.3) is 10.8 Å². The molecule has 3 aromatic rings. The lowest BCUT2D eigenvalue weighted by Crippen LogP contribution is -2.22. The average molecular weight is 408 g/mol. The van der Waals surface area contributed by atoms with E-state index in [1.807, 2.05) is 24.3 Å². The standard InChI is InChI=1S/C23H25N3O2S/c1-17(24)25-29(27,28)20-12-13-21-19(15-20)9-5-10-22(21)23-11-6-14-26(23)16-18-7-3-2-4-8-18/h2-5,7-10,12-13,15,23H,6,11,14,16H2,1H3,(H2,24,25). The first kappa shape index (κ1) is 19.6. The smallest absolute Gasteiger partial charge is 0.283 e. The van der Waals surface area contributed by atoms with E-state index >= 15 is 0 Å². The molecule has 29 heavy (non-hydrogen) atoms. The maximum atomic E-state index is 12.4. The van der Waals surface area contributed by atoms with Gasteiger partial charge in [-0.15, -0.1) is 4.40 Å². The number of benzene rings is 3. The number of hydrogen-bond donors (Lipinski definition) is 1. The molecule has 1 aliphatic rings. The number of sulfonamides is 1. The Morgan fingerprint density at radius 2 is 1.90 bits per heavy atom. The van der Waals surface area contributed by atoms with Crippen LogP contribution in [0.5, 0.6) is 0 Å². The molecule has 150 valence electrons. The van der Waals surface area contributed by atoms with Gasteiger partial charge in [0.05, 0.1) is 4.90 Å². The van der Waals surface area contributed by atoms with Gasteiger partial charge in [-0.25, -0.2) is 0 Å². The molecule has 1 saturated heterocycles. The average Bonchev–Trinajstić information content (AvgIpc) is 3.14. The van der Waals surface area contributed by atoms with E-state index in [0.29, 0.717) is 6.04 Å². The first-order valence-electron chi connectivity index (χ1n) is 9.82. The summed E-state index contributed by atoms with van der Waals surface area (Å²) < 4.78 is 28.4. The predicted molar refractivity (Wildman–Crippen MR) is 117 cm³/mol. The minimum atomic E-state index is -3.78. The van der Waals surface area contributed by atoms with Crippen LogP contribution in [0.4, 0.5) is 0 Å². The highest BCUT2D eigenvalue weighted by molar-refractivity contribution is 7.90. The molecule has 0 aromatic heterocycles. The maximum Gasteiger partial charge on any atom is 0.283 e. The van der Waals surface area contributed by atoms with Gasteiger partial charge in [0.1, 0.15) is 5.84 Å². The highest BCUT2D eigenvalue weighted by Gasteiger charge is 2.27. The lowest BCUT2D eigenvalue weighted by molar-refractivity contribution is 0.250. The Hall–Kier alpha value is -2.70. The van der Waals surface area contributed by atoms with Gasteiger partial charge in [-0.1, -0.05) is 54.6 Å². The Balaban J connectivity index is 1.70. The monoisotopic (exact) mass is 407 g/mol. The molecule has 1 aliphatic heterocycles.